The fourth-order valence-electron chi connectivity index (χ4n) is 0.586. The molecule has 0 saturated carbocycles. The van der Waals surface area contributed by atoms with E-state index in [1.54, 1.807) is 18.2 Å². The molecule has 1 N–H and O–H groups in total. The third-order valence-electron chi connectivity index (χ3n) is 1.02. The Morgan fingerprint density at radius 3 is 2.27 bits per heavy atom. The predicted molar refractivity (Wildman–Crippen MR) is 47.6 cm³/mol. The van der Waals surface area contributed by atoms with E-state index in [2.05, 4.69) is 0 Å². The molecule has 2 nitrogen and oxygen atoms in total. The summed E-state index contributed by atoms with van der Waals surface area (Å²) < 4.78 is 19.0. The van der Waals surface area contributed by atoms with Gasteiger partial charge in [0.05, 0.1) is 9.92 Å². The summed E-state index contributed by atoms with van der Waals surface area (Å²) in [7, 11) is 0. The van der Waals surface area contributed by atoms with Crippen molar-refractivity contribution in [2.45, 2.75) is 4.90 Å². The molecule has 5 heteroatoms. The van der Waals surface area contributed by atoms with Crippen molar-refractivity contribution in [3.8, 4) is 0 Å². The predicted octanol–water partition coefficient (Wildman–Crippen LogP) is 1.27. The van der Waals surface area contributed by atoms with Crippen LogP contribution in [0.1, 0.15) is 0 Å². The number of halogens is 1. The van der Waals surface area contributed by atoms with Gasteiger partial charge in [-0.3, -0.25) is 0 Å². The van der Waals surface area contributed by atoms with Crippen LogP contribution in [-0.4, -0.2) is 60.1 Å². The van der Waals surface area contributed by atoms with Gasteiger partial charge in [0.2, 0.25) is 0 Å². The van der Waals surface area contributed by atoms with Gasteiger partial charge in [-0.05, 0) is 12.1 Å². The van der Waals surface area contributed by atoms with Crippen molar-refractivity contribution >= 4 is 74.1 Å². The molecule has 0 amide bonds. The number of rotatable bonds is 1. The molecule has 1 aromatic rings. The van der Waals surface area contributed by atoms with Gasteiger partial charge in [0.15, 0.2) is 11.1 Å². The van der Waals surface area contributed by atoms with E-state index >= 15 is 0 Å². The first-order chi connectivity index (χ1) is 4.72. The summed E-state index contributed by atoms with van der Waals surface area (Å²) in [5.41, 5.74) is 0. The first-order valence-electron chi connectivity index (χ1n) is 2.57. The maximum atomic E-state index is 10.4. The van der Waals surface area contributed by atoms with Crippen LogP contribution in [0.5, 0.6) is 0 Å². The van der Waals surface area contributed by atoms with Crippen LogP contribution in [0.25, 0.3) is 0 Å². The van der Waals surface area contributed by atoms with Crippen molar-refractivity contribution in [1.29, 1.82) is 0 Å². The summed E-state index contributed by atoms with van der Waals surface area (Å²) in [5, 5.41) is 0.323. The van der Waals surface area contributed by atoms with Crippen LogP contribution < -0.4 is 0 Å². The molecule has 0 aromatic heterocycles. The van der Waals surface area contributed by atoms with Gasteiger partial charge in [-0.25, -0.2) is 4.21 Å². The van der Waals surface area contributed by atoms with Crippen molar-refractivity contribution in [1.82, 2.24) is 0 Å². The molecule has 0 fully saturated rings. The Bertz CT molecular complexity index is 267. The minimum absolute atomic E-state index is 0. The quantitative estimate of drug-likeness (QED) is 0.567. The van der Waals surface area contributed by atoms with Crippen molar-refractivity contribution < 1.29 is 8.76 Å². The van der Waals surface area contributed by atoms with Gasteiger partial charge in [-0.2, -0.15) is 0 Å². The van der Waals surface area contributed by atoms with Crippen LogP contribution in [0.4, 0.5) is 0 Å². The standard InChI is InChI=1S/C6H5ClO2S.K.H/c7-5-3-1-2-4-6(5)10(8)9;;/h1-4H,(H,8,9);;. The topological polar surface area (TPSA) is 37.3 Å². The molecular formula is C6H6ClKO2S. The van der Waals surface area contributed by atoms with E-state index in [4.69, 9.17) is 16.2 Å². The minimum atomic E-state index is -1.97. The molecule has 0 heterocycles. The Morgan fingerprint density at radius 1 is 1.36 bits per heavy atom. The Kier molecular flexibility index (Phi) is 6.49. The molecule has 0 saturated heterocycles. The van der Waals surface area contributed by atoms with E-state index in [-0.39, 0.29) is 56.3 Å². The van der Waals surface area contributed by atoms with Gasteiger partial charge in [0, 0.05) is 0 Å². The normalized spacial score (nSPS) is 11.8. The van der Waals surface area contributed by atoms with Crippen LogP contribution >= 0.6 is 11.6 Å². The van der Waals surface area contributed by atoms with Gasteiger partial charge in [0.1, 0.15) is 0 Å². The number of benzene rings is 1. The molecule has 56 valence electrons. The van der Waals surface area contributed by atoms with E-state index in [0.29, 0.717) is 5.02 Å². The molecule has 0 radical (unpaired) electrons. The summed E-state index contributed by atoms with van der Waals surface area (Å²) in [4.78, 5) is 0.254. The van der Waals surface area contributed by atoms with Crippen LogP contribution in [0.2, 0.25) is 5.02 Å². The van der Waals surface area contributed by atoms with Crippen molar-refractivity contribution in [2.75, 3.05) is 0 Å². The number of hydrogen-bond donors (Lipinski definition) is 1. The van der Waals surface area contributed by atoms with E-state index in [0.717, 1.165) is 0 Å². The second-order valence-electron chi connectivity index (χ2n) is 1.68. The van der Waals surface area contributed by atoms with E-state index in [1.807, 2.05) is 0 Å². The molecule has 1 rings (SSSR count). The molecule has 1 atom stereocenters. The first kappa shape index (κ1) is 12.3. The second-order valence-corrected chi connectivity index (χ2v) is 3.02. The average Bonchev–Trinajstić information content (AvgIpc) is 1.88. The fraction of sp³-hybridized carbons (Fsp3) is 0. The molecule has 0 spiro atoms. The molecular weight excluding hydrogens is 211 g/mol. The van der Waals surface area contributed by atoms with E-state index in [9.17, 15) is 4.21 Å². The summed E-state index contributed by atoms with van der Waals surface area (Å²) in [6.45, 7) is 0. The van der Waals surface area contributed by atoms with Crippen LogP contribution in [-0.2, 0) is 11.1 Å². The summed E-state index contributed by atoms with van der Waals surface area (Å²) >= 11 is 3.59. The molecule has 0 aliphatic carbocycles. The Balaban J connectivity index is 0.000001000. The van der Waals surface area contributed by atoms with Gasteiger partial charge >= 0.3 is 51.4 Å². The molecule has 0 bridgehead atoms. The van der Waals surface area contributed by atoms with Gasteiger partial charge < -0.3 is 4.55 Å². The zero-order chi connectivity index (χ0) is 7.56. The number of hydrogen-bond acceptors (Lipinski definition) is 1. The SMILES string of the molecule is O=S(O)c1ccccc1Cl.[KH]. The summed E-state index contributed by atoms with van der Waals surface area (Å²) in [5.74, 6) is 0. The third-order valence-corrected chi connectivity index (χ3v) is 2.20. The van der Waals surface area contributed by atoms with Crippen LogP contribution in [0.3, 0.4) is 0 Å². The molecule has 0 aliphatic rings. The summed E-state index contributed by atoms with van der Waals surface area (Å²) in [6, 6.07) is 6.46. The maximum absolute atomic E-state index is 10.4. The van der Waals surface area contributed by atoms with E-state index in [1.165, 1.54) is 6.07 Å². The molecule has 1 unspecified atom stereocenters. The Labute approximate surface area is 115 Å². The van der Waals surface area contributed by atoms with Crippen LogP contribution in [0, 0.1) is 0 Å². The van der Waals surface area contributed by atoms with Crippen molar-refractivity contribution in [3.05, 3.63) is 29.3 Å². The third kappa shape index (κ3) is 3.65. The Hall–Kier alpha value is 1.26. The van der Waals surface area contributed by atoms with Gasteiger partial charge in [0.25, 0.3) is 0 Å². The molecule has 1 aromatic carbocycles. The summed E-state index contributed by atoms with van der Waals surface area (Å²) in [6.07, 6.45) is 0. The molecule has 11 heavy (non-hydrogen) atoms. The average molecular weight is 217 g/mol. The van der Waals surface area contributed by atoms with Crippen molar-refractivity contribution in [2.24, 2.45) is 0 Å². The van der Waals surface area contributed by atoms with Crippen LogP contribution in [0.15, 0.2) is 29.2 Å². The van der Waals surface area contributed by atoms with E-state index < -0.39 is 11.1 Å². The first-order valence-corrected chi connectivity index (χ1v) is 4.05. The second kappa shape index (κ2) is 5.83. The van der Waals surface area contributed by atoms with Gasteiger partial charge in [-0.1, -0.05) is 23.7 Å². The van der Waals surface area contributed by atoms with Crippen molar-refractivity contribution in [3.63, 3.8) is 0 Å². The fourth-order valence-corrected chi connectivity index (χ4v) is 1.35. The zero-order valence-electron chi connectivity index (χ0n) is 4.95. The molecule has 0 aliphatic heterocycles. The zero-order valence-corrected chi connectivity index (χ0v) is 6.52. The Morgan fingerprint density at radius 2 is 1.91 bits per heavy atom. The monoisotopic (exact) mass is 216 g/mol. The van der Waals surface area contributed by atoms with Gasteiger partial charge in [-0.15, -0.1) is 0 Å².